The van der Waals surface area contributed by atoms with Crippen LogP contribution in [0.1, 0.15) is 42.0 Å². The van der Waals surface area contributed by atoms with E-state index < -0.39 is 0 Å². The molecule has 0 aliphatic rings. The van der Waals surface area contributed by atoms with Crippen molar-refractivity contribution in [2.45, 2.75) is 46.0 Å². The maximum absolute atomic E-state index is 12.2. The van der Waals surface area contributed by atoms with Gasteiger partial charge in [-0.25, -0.2) is 0 Å². The lowest BCUT2D eigenvalue weighted by Crippen LogP contribution is -2.06. The molecule has 0 saturated carbocycles. The Labute approximate surface area is 128 Å². The zero-order valence-corrected chi connectivity index (χ0v) is 13.1. The summed E-state index contributed by atoms with van der Waals surface area (Å²) in [4.78, 5) is 12.2. The van der Waals surface area contributed by atoms with Crippen molar-refractivity contribution in [3.63, 3.8) is 0 Å². The maximum atomic E-state index is 12.2. The van der Waals surface area contributed by atoms with Crippen molar-refractivity contribution in [3.8, 4) is 0 Å². The van der Waals surface area contributed by atoms with Crippen LogP contribution in [0.3, 0.4) is 0 Å². The third kappa shape index (κ3) is 5.18. The van der Waals surface area contributed by atoms with Crippen LogP contribution in [0.15, 0.2) is 48.5 Å². The standard InChI is InChI=1S/C20H24O/c1-3-4-7-17-9-11-18(12-10-17)14-20(21)15-19-8-5-6-16(2)13-19/h5-6,8-13H,3-4,7,14-15H2,1-2H3. The highest BCUT2D eigenvalue weighted by Gasteiger charge is 2.05. The van der Waals surface area contributed by atoms with Crippen LogP contribution in [0.2, 0.25) is 0 Å². The van der Waals surface area contributed by atoms with Crippen molar-refractivity contribution in [2.24, 2.45) is 0 Å². The van der Waals surface area contributed by atoms with E-state index in [2.05, 4.69) is 50.2 Å². The maximum Gasteiger partial charge on any atom is 0.141 e. The van der Waals surface area contributed by atoms with Gasteiger partial charge in [-0.1, -0.05) is 67.4 Å². The van der Waals surface area contributed by atoms with Crippen LogP contribution in [0.25, 0.3) is 0 Å². The van der Waals surface area contributed by atoms with Crippen molar-refractivity contribution in [1.82, 2.24) is 0 Å². The predicted octanol–water partition coefficient (Wildman–Crippen LogP) is 4.69. The number of ketones is 1. The van der Waals surface area contributed by atoms with Gasteiger partial charge in [-0.3, -0.25) is 4.79 Å². The molecular weight excluding hydrogens is 256 g/mol. The van der Waals surface area contributed by atoms with Gasteiger partial charge < -0.3 is 0 Å². The first-order valence-corrected chi connectivity index (χ1v) is 7.82. The molecular formula is C20H24O. The van der Waals surface area contributed by atoms with Crippen LogP contribution in [0.4, 0.5) is 0 Å². The quantitative estimate of drug-likeness (QED) is 0.719. The first-order valence-electron chi connectivity index (χ1n) is 7.82. The average Bonchev–Trinajstić information content (AvgIpc) is 2.46. The molecule has 2 rings (SSSR count). The normalized spacial score (nSPS) is 10.6. The number of hydrogen-bond donors (Lipinski definition) is 0. The minimum Gasteiger partial charge on any atom is -0.299 e. The van der Waals surface area contributed by atoms with Gasteiger partial charge in [0, 0.05) is 12.8 Å². The molecule has 1 nitrogen and oxygen atoms in total. The van der Waals surface area contributed by atoms with Crippen molar-refractivity contribution in [2.75, 3.05) is 0 Å². The second kappa shape index (κ2) is 7.78. The zero-order chi connectivity index (χ0) is 15.1. The minimum absolute atomic E-state index is 0.280. The van der Waals surface area contributed by atoms with Gasteiger partial charge in [-0.15, -0.1) is 0 Å². The van der Waals surface area contributed by atoms with Crippen LogP contribution >= 0.6 is 0 Å². The van der Waals surface area contributed by atoms with Gasteiger partial charge >= 0.3 is 0 Å². The number of carbonyl (C=O) groups is 1. The molecule has 0 unspecified atom stereocenters. The zero-order valence-electron chi connectivity index (χ0n) is 13.1. The summed E-state index contributed by atoms with van der Waals surface area (Å²) in [7, 11) is 0. The Kier molecular flexibility index (Phi) is 5.74. The molecule has 2 aromatic carbocycles. The lowest BCUT2D eigenvalue weighted by Gasteiger charge is -2.05. The summed E-state index contributed by atoms with van der Waals surface area (Å²) in [6.07, 6.45) is 4.64. The molecule has 0 amide bonds. The highest BCUT2D eigenvalue weighted by atomic mass is 16.1. The summed E-state index contributed by atoms with van der Waals surface area (Å²) in [6, 6.07) is 16.7. The fourth-order valence-corrected chi connectivity index (χ4v) is 2.54. The number of carbonyl (C=O) groups excluding carboxylic acids is 1. The number of benzene rings is 2. The Morgan fingerprint density at radius 3 is 2.24 bits per heavy atom. The van der Waals surface area contributed by atoms with Gasteiger partial charge in [0.2, 0.25) is 0 Å². The molecule has 0 N–H and O–H groups in total. The minimum atomic E-state index is 0.280. The number of unbranched alkanes of at least 4 members (excludes halogenated alkanes) is 1. The highest BCUT2D eigenvalue weighted by molar-refractivity contribution is 5.83. The fourth-order valence-electron chi connectivity index (χ4n) is 2.54. The van der Waals surface area contributed by atoms with Crippen LogP contribution in [0.5, 0.6) is 0 Å². The molecule has 0 radical (unpaired) electrons. The van der Waals surface area contributed by atoms with Gasteiger partial charge in [0.25, 0.3) is 0 Å². The summed E-state index contributed by atoms with van der Waals surface area (Å²) >= 11 is 0. The van der Waals surface area contributed by atoms with E-state index in [1.165, 1.54) is 24.0 Å². The molecule has 2 aromatic rings. The number of hydrogen-bond acceptors (Lipinski definition) is 1. The Hall–Kier alpha value is -1.89. The number of aryl methyl sites for hydroxylation is 2. The summed E-state index contributed by atoms with van der Waals surface area (Å²) in [5, 5.41) is 0. The molecule has 0 fully saturated rings. The van der Waals surface area contributed by atoms with E-state index >= 15 is 0 Å². The molecule has 0 spiro atoms. The largest absolute Gasteiger partial charge is 0.299 e. The Bertz CT molecular complexity index is 581. The third-order valence-corrected chi connectivity index (χ3v) is 3.73. The van der Waals surface area contributed by atoms with Crippen LogP contribution in [-0.4, -0.2) is 5.78 Å². The smallest absolute Gasteiger partial charge is 0.141 e. The summed E-state index contributed by atoms with van der Waals surface area (Å²) in [5.74, 6) is 0.280. The van der Waals surface area contributed by atoms with E-state index in [-0.39, 0.29) is 5.78 Å². The summed E-state index contributed by atoms with van der Waals surface area (Å²) in [5.41, 5.74) is 4.81. The SMILES string of the molecule is CCCCc1ccc(CC(=O)Cc2cccc(C)c2)cc1. The Morgan fingerprint density at radius 2 is 1.57 bits per heavy atom. The first-order chi connectivity index (χ1) is 10.2. The molecule has 0 aliphatic carbocycles. The third-order valence-electron chi connectivity index (χ3n) is 3.73. The summed E-state index contributed by atoms with van der Waals surface area (Å²) < 4.78 is 0. The first kappa shape index (κ1) is 15.5. The van der Waals surface area contributed by atoms with Gasteiger partial charge in [0.1, 0.15) is 5.78 Å². The van der Waals surface area contributed by atoms with Crippen molar-refractivity contribution in [1.29, 1.82) is 0 Å². The Balaban J connectivity index is 1.90. The molecule has 110 valence electrons. The van der Waals surface area contributed by atoms with E-state index in [1.54, 1.807) is 0 Å². The fraction of sp³-hybridized carbons (Fsp3) is 0.350. The van der Waals surface area contributed by atoms with Crippen molar-refractivity contribution in [3.05, 3.63) is 70.8 Å². The molecule has 0 saturated heterocycles. The van der Waals surface area contributed by atoms with Crippen molar-refractivity contribution >= 4 is 5.78 Å². The van der Waals surface area contributed by atoms with E-state index in [1.807, 2.05) is 12.1 Å². The second-order valence-corrected chi connectivity index (χ2v) is 5.80. The molecule has 0 atom stereocenters. The van der Waals surface area contributed by atoms with E-state index in [4.69, 9.17) is 0 Å². The van der Waals surface area contributed by atoms with Gasteiger partial charge in [0.05, 0.1) is 0 Å². The highest BCUT2D eigenvalue weighted by Crippen LogP contribution is 2.11. The molecule has 0 aromatic heterocycles. The summed E-state index contributed by atoms with van der Waals surface area (Å²) in [6.45, 7) is 4.27. The monoisotopic (exact) mass is 280 g/mol. The van der Waals surface area contributed by atoms with E-state index in [9.17, 15) is 4.79 Å². The molecule has 0 bridgehead atoms. The van der Waals surface area contributed by atoms with Crippen LogP contribution in [-0.2, 0) is 24.1 Å². The van der Waals surface area contributed by atoms with E-state index in [0.29, 0.717) is 12.8 Å². The lowest BCUT2D eigenvalue weighted by atomic mass is 10.00. The van der Waals surface area contributed by atoms with Crippen LogP contribution in [0, 0.1) is 6.92 Å². The second-order valence-electron chi connectivity index (χ2n) is 5.80. The predicted molar refractivity (Wildman–Crippen MR) is 88.6 cm³/mol. The lowest BCUT2D eigenvalue weighted by molar-refractivity contribution is -0.117. The number of rotatable bonds is 7. The number of Topliss-reactive ketones (excluding diaryl/α,β-unsaturated/α-hetero) is 1. The molecule has 0 heterocycles. The topological polar surface area (TPSA) is 17.1 Å². The van der Waals surface area contributed by atoms with Gasteiger partial charge in [-0.05, 0) is 36.5 Å². The average molecular weight is 280 g/mol. The molecule has 21 heavy (non-hydrogen) atoms. The Morgan fingerprint density at radius 1 is 0.905 bits per heavy atom. The van der Waals surface area contributed by atoms with Crippen LogP contribution < -0.4 is 0 Å². The molecule has 0 aliphatic heterocycles. The van der Waals surface area contributed by atoms with E-state index in [0.717, 1.165) is 17.5 Å². The van der Waals surface area contributed by atoms with Gasteiger partial charge in [-0.2, -0.15) is 0 Å². The van der Waals surface area contributed by atoms with Crippen molar-refractivity contribution < 1.29 is 4.79 Å². The van der Waals surface area contributed by atoms with Gasteiger partial charge in [0.15, 0.2) is 0 Å². The molecule has 1 heteroatoms.